The van der Waals surface area contributed by atoms with Crippen molar-refractivity contribution in [3.05, 3.63) is 12.2 Å². The van der Waals surface area contributed by atoms with Crippen LogP contribution in [-0.2, 0) is 4.79 Å². The summed E-state index contributed by atoms with van der Waals surface area (Å²) in [7, 11) is 0. The molecule has 0 amide bonds. The Bertz CT molecular complexity index is 182. The minimum atomic E-state index is 0.283. The molecule has 0 atom stereocenters. The number of carbonyl (C=O) groups excluding carboxylic acids is 1. The van der Waals surface area contributed by atoms with E-state index in [0.29, 0.717) is 0 Å². The first-order chi connectivity index (χ1) is 7.81. The first-order valence-corrected chi connectivity index (χ1v) is 6.96. The van der Waals surface area contributed by atoms with Gasteiger partial charge in [0.15, 0.2) is 5.78 Å². The summed E-state index contributed by atoms with van der Waals surface area (Å²) in [5, 5.41) is 0. The van der Waals surface area contributed by atoms with Gasteiger partial charge >= 0.3 is 0 Å². The van der Waals surface area contributed by atoms with Crippen LogP contribution in [0.15, 0.2) is 12.2 Å². The van der Waals surface area contributed by atoms with Crippen molar-refractivity contribution in [2.45, 2.75) is 78.1 Å². The van der Waals surface area contributed by atoms with Gasteiger partial charge < -0.3 is 0 Å². The Morgan fingerprint density at radius 3 is 1.88 bits per heavy atom. The maximum absolute atomic E-state index is 11.2. The molecule has 16 heavy (non-hydrogen) atoms. The third kappa shape index (κ3) is 11.5. The largest absolute Gasteiger partial charge is 0.295 e. The van der Waals surface area contributed by atoms with Crippen LogP contribution in [0.25, 0.3) is 0 Å². The molecule has 0 radical (unpaired) electrons. The molecule has 0 aromatic carbocycles. The van der Waals surface area contributed by atoms with Gasteiger partial charge in [-0.3, -0.25) is 4.79 Å². The summed E-state index contributed by atoms with van der Waals surface area (Å²) < 4.78 is 0. The highest BCUT2D eigenvalue weighted by Crippen LogP contribution is 2.10. The summed E-state index contributed by atoms with van der Waals surface area (Å²) in [4.78, 5) is 11.2. The van der Waals surface area contributed by atoms with Crippen molar-refractivity contribution < 1.29 is 4.79 Å². The van der Waals surface area contributed by atoms with E-state index in [-0.39, 0.29) is 5.78 Å². The first-order valence-electron chi connectivity index (χ1n) is 6.96. The standard InChI is InChI=1S/C15H28O/c1-3-5-6-7-8-9-10-11-12-14-15(16)13-4-2/h4,13H,3,5-12,14H2,1-2H3. The number of hydrogen-bond acceptors (Lipinski definition) is 1. The van der Waals surface area contributed by atoms with E-state index in [4.69, 9.17) is 0 Å². The van der Waals surface area contributed by atoms with E-state index in [1.165, 1.54) is 51.4 Å². The van der Waals surface area contributed by atoms with Gasteiger partial charge in [-0.05, 0) is 19.4 Å². The van der Waals surface area contributed by atoms with Gasteiger partial charge in [-0.2, -0.15) is 0 Å². The highest BCUT2D eigenvalue weighted by Gasteiger charge is 1.96. The fourth-order valence-electron chi connectivity index (χ4n) is 1.88. The van der Waals surface area contributed by atoms with Gasteiger partial charge in [-0.15, -0.1) is 0 Å². The predicted molar refractivity (Wildman–Crippen MR) is 71.7 cm³/mol. The van der Waals surface area contributed by atoms with Crippen LogP contribution in [0.5, 0.6) is 0 Å². The van der Waals surface area contributed by atoms with Gasteiger partial charge in [0.05, 0.1) is 0 Å². The number of carbonyl (C=O) groups is 1. The molecule has 0 spiro atoms. The number of hydrogen-bond donors (Lipinski definition) is 0. The normalized spacial score (nSPS) is 11.1. The Morgan fingerprint density at radius 1 is 0.875 bits per heavy atom. The molecule has 0 aromatic rings. The maximum Gasteiger partial charge on any atom is 0.155 e. The summed E-state index contributed by atoms with van der Waals surface area (Å²) in [5.41, 5.74) is 0. The van der Waals surface area contributed by atoms with Crippen molar-refractivity contribution in [1.29, 1.82) is 0 Å². The molecule has 0 aliphatic heterocycles. The summed E-state index contributed by atoms with van der Waals surface area (Å²) in [6, 6.07) is 0. The van der Waals surface area contributed by atoms with Crippen molar-refractivity contribution in [1.82, 2.24) is 0 Å². The van der Waals surface area contributed by atoms with E-state index < -0.39 is 0 Å². The lowest BCUT2D eigenvalue weighted by molar-refractivity contribution is -0.114. The van der Waals surface area contributed by atoms with E-state index in [1.54, 1.807) is 6.08 Å². The van der Waals surface area contributed by atoms with Crippen LogP contribution in [-0.4, -0.2) is 5.78 Å². The van der Waals surface area contributed by atoms with Crippen LogP contribution in [0.4, 0.5) is 0 Å². The van der Waals surface area contributed by atoms with Gasteiger partial charge in [0, 0.05) is 6.42 Å². The lowest BCUT2D eigenvalue weighted by atomic mass is 10.1. The zero-order valence-electron chi connectivity index (χ0n) is 11.1. The molecule has 0 heterocycles. The molecule has 1 heteroatoms. The average molecular weight is 224 g/mol. The monoisotopic (exact) mass is 224 g/mol. The first kappa shape index (κ1) is 15.4. The Morgan fingerprint density at radius 2 is 1.38 bits per heavy atom. The molecule has 0 saturated carbocycles. The van der Waals surface area contributed by atoms with E-state index in [2.05, 4.69) is 6.92 Å². The van der Waals surface area contributed by atoms with E-state index in [1.807, 2.05) is 13.0 Å². The Balaban J connectivity index is 3.07. The minimum Gasteiger partial charge on any atom is -0.295 e. The molecule has 94 valence electrons. The van der Waals surface area contributed by atoms with Crippen molar-refractivity contribution >= 4 is 5.78 Å². The van der Waals surface area contributed by atoms with E-state index in [9.17, 15) is 4.79 Å². The minimum absolute atomic E-state index is 0.283. The number of ketones is 1. The highest BCUT2D eigenvalue weighted by atomic mass is 16.1. The lowest BCUT2D eigenvalue weighted by Gasteiger charge is -2.00. The molecule has 0 saturated heterocycles. The molecule has 0 aromatic heterocycles. The van der Waals surface area contributed by atoms with Crippen LogP contribution in [0, 0.1) is 0 Å². The maximum atomic E-state index is 11.2. The van der Waals surface area contributed by atoms with Crippen LogP contribution in [0.2, 0.25) is 0 Å². The molecule has 0 bridgehead atoms. The van der Waals surface area contributed by atoms with Crippen molar-refractivity contribution in [3.8, 4) is 0 Å². The molecular weight excluding hydrogens is 196 g/mol. The third-order valence-corrected chi connectivity index (χ3v) is 2.88. The van der Waals surface area contributed by atoms with Crippen LogP contribution >= 0.6 is 0 Å². The quantitative estimate of drug-likeness (QED) is 0.354. The van der Waals surface area contributed by atoms with Gasteiger partial charge in [0.1, 0.15) is 0 Å². The van der Waals surface area contributed by atoms with Crippen LogP contribution in [0.1, 0.15) is 78.1 Å². The fourth-order valence-corrected chi connectivity index (χ4v) is 1.88. The zero-order chi connectivity index (χ0) is 12.1. The van der Waals surface area contributed by atoms with Crippen LogP contribution in [0.3, 0.4) is 0 Å². The summed E-state index contributed by atoms with van der Waals surface area (Å²) in [5.74, 6) is 0.283. The summed E-state index contributed by atoms with van der Waals surface area (Å²) in [6.45, 7) is 4.15. The fraction of sp³-hybridized carbons (Fsp3) is 0.800. The SMILES string of the molecule is CC=CC(=O)CCCCCCCCCCC. The number of allylic oxidation sites excluding steroid dienone is 2. The molecule has 0 rings (SSSR count). The van der Waals surface area contributed by atoms with Crippen molar-refractivity contribution in [3.63, 3.8) is 0 Å². The van der Waals surface area contributed by atoms with E-state index >= 15 is 0 Å². The second-order valence-corrected chi connectivity index (χ2v) is 4.54. The molecule has 0 N–H and O–H groups in total. The van der Waals surface area contributed by atoms with Gasteiger partial charge in [-0.1, -0.05) is 64.4 Å². The Hall–Kier alpha value is -0.590. The second kappa shape index (κ2) is 12.5. The van der Waals surface area contributed by atoms with Crippen molar-refractivity contribution in [2.75, 3.05) is 0 Å². The topological polar surface area (TPSA) is 17.1 Å². The molecular formula is C15H28O. The molecule has 1 nitrogen and oxygen atoms in total. The number of unbranched alkanes of at least 4 members (excludes halogenated alkanes) is 8. The summed E-state index contributed by atoms with van der Waals surface area (Å²) in [6.07, 6.45) is 16.1. The van der Waals surface area contributed by atoms with Gasteiger partial charge in [0.2, 0.25) is 0 Å². The van der Waals surface area contributed by atoms with Crippen LogP contribution < -0.4 is 0 Å². The molecule has 0 aliphatic carbocycles. The predicted octanol–water partition coefficient (Wildman–Crippen LogP) is 5.05. The van der Waals surface area contributed by atoms with Gasteiger partial charge in [-0.25, -0.2) is 0 Å². The zero-order valence-corrected chi connectivity index (χ0v) is 11.1. The average Bonchev–Trinajstić information content (AvgIpc) is 2.27. The second-order valence-electron chi connectivity index (χ2n) is 4.54. The Kier molecular flexibility index (Phi) is 12.0. The summed E-state index contributed by atoms with van der Waals surface area (Å²) >= 11 is 0. The van der Waals surface area contributed by atoms with Gasteiger partial charge in [0.25, 0.3) is 0 Å². The van der Waals surface area contributed by atoms with E-state index in [0.717, 1.165) is 12.8 Å². The molecule has 0 aliphatic rings. The Labute approximate surface area is 101 Å². The third-order valence-electron chi connectivity index (χ3n) is 2.88. The molecule has 0 fully saturated rings. The van der Waals surface area contributed by atoms with Crippen molar-refractivity contribution in [2.24, 2.45) is 0 Å². The molecule has 0 unspecified atom stereocenters. The smallest absolute Gasteiger partial charge is 0.155 e. The lowest BCUT2D eigenvalue weighted by Crippen LogP contribution is -1.91. The number of rotatable bonds is 11. The highest BCUT2D eigenvalue weighted by molar-refractivity contribution is 5.89.